The minimum atomic E-state index is 0.330. The van der Waals surface area contributed by atoms with E-state index >= 15 is 0 Å². The highest BCUT2D eigenvalue weighted by Crippen LogP contribution is 2.28. The van der Waals surface area contributed by atoms with Crippen molar-refractivity contribution in [2.75, 3.05) is 30.8 Å². The molecule has 3 N–H and O–H groups in total. The second-order valence-electron chi connectivity index (χ2n) is 3.40. The van der Waals surface area contributed by atoms with Gasteiger partial charge in [-0.2, -0.15) is 9.36 Å². The Labute approximate surface area is 86.8 Å². The van der Waals surface area contributed by atoms with Crippen LogP contribution in [0.3, 0.4) is 0 Å². The van der Waals surface area contributed by atoms with E-state index in [2.05, 4.69) is 14.7 Å². The number of nitrogen functional groups attached to an aromatic ring is 1. The minimum Gasteiger partial charge on any atom is -0.379 e. The van der Waals surface area contributed by atoms with Crippen LogP contribution in [0.4, 0.5) is 11.1 Å². The Morgan fingerprint density at radius 1 is 1.57 bits per heavy atom. The third-order valence-corrected chi connectivity index (χ3v) is 2.70. The Bertz CT molecular complexity index is 287. The largest absolute Gasteiger partial charge is 0.379 e. The lowest BCUT2D eigenvalue weighted by Crippen LogP contribution is -2.10. The molecule has 78 valence electrons. The molecule has 0 saturated heterocycles. The molecule has 0 spiro atoms. The van der Waals surface area contributed by atoms with Gasteiger partial charge in [-0.05, 0) is 18.8 Å². The van der Waals surface area contributed by atoms with Crippen LogP contribution in [0.15, 0.2) is 0 Å². The Kier molecular flexibility index (Phi) is 3.15. The van der Waals surface area contributed by atoms with Crippen LogP contribution in [0.1, 0.15) is 12.8 Å². The van der Waals surface area contributed by atoms with E-state index in [1.165, 1.54) is 24.4 Å². The summed E-state index contributed by atoms with van der Waals surface area (Å²) in [6.07, 6.45) is 2.67. The Morgan fingerprint density at radius 2 is 2.43 bits per heavy atom. The molecule has 0 radical (unpaired) electrons. The predicted molar refractivity (Wildman–Crippen MR) is 56.4 cm³/mol. The van der Waals surface area contributed by atoms with Gasteiger partial charge in [-0.25, -0.2) is 0 Å². The molecule has 6 heteroatoms. The van der Waals surface area contributed by atoms with Gasteiger partial charge < -0.3 is 15.8 Å². The number of nitrogens with two attached hydrogens (primary N) is 1. The molecule has 1 aromatic heterocycles. The molecule has 0 amide bonds. The van der Waals surface area contributed by atoms with Crippen LogP contribution in [0.5, 0.6) is 0 Å². The number of anilines is 2. The second-order valence-corrected chi connectivity index (χ2v) is 4.15. The SMILES string of the molecule is Nc1nsc(NCCOCC2CC2)n1. The van der Waals surface area contributed by atoms with E-state index in [4.69, 9.17) is 10.5 Å². The van der Waals surface area contributed by atoms with Gasteiger partial charge in [0.1, 0.15) is 0 Å². The molecule has 1 heterocycles. The summed E-state index contributed by atoms with van der Waals surface area (Å²) in [5, 5.41) is 3.86. The molecule has 1 fully saturated rings. The fraction of sp³-hybridized carbons (Fsp3) is 0.750. The van der Waals surface area contributed by atoms with Crippen LogP contribution in [0.25, 0.3) is 0 Å². The van der Waals surface area contributed by atoms with Crippen molar-refractivity contribution in [2.24, 2.45) is 5.92 Å². The molecule has 0 atom stereocenters. The van der Waals surface area contributed by atoms with Crippen molar-refractivity contribution < 1.29 is 4.74 Å². The summed E-state index contributed by atoms with van der Waals surface area (Å²) >= 11 is 1.27. The van der Waals surface area contributed by atoms with Gasteiger partial charge in [-0.3, -0.25) is 0 Å². The van der Waals surface area contributed by atoms with Crippen LogP contribution in [-0.2, 0) is 4.74 Å². The number of rotatable bonds is 6. The molecule has 1 aliphatic carbocycles. The van der Waals surface area contributed by atoms with E-state index in [1.807, 2.05) is 0 Å². The average Bonchev–Trinajstić information content (AvgIpc) is 2.89. The lowest BCUT2D eigenvalue weighted by atomic mass is 10.5. The van der Waals surface area contributed by atoms with E-state index < -0.39 is 0 Å². The van der Waals surface area contributed by atoms with Gasteiger partial charge in [-0.1, -0.05) is 0 Å². The molecule has 0 unspecified atom stereocenters. The lowest BCUT2D eigenvalue weighted by molar-refractivity contribution is 0.134. The Morgan fingerprint density at radius 3 is 3.07 bits per heavy atom. The maximum Gasteiger partial charge on any atom is 0.233 e. The summed E-state index contributed by atoms with van der Waals surface area (Å²) in [5.41, 5.74) is 5.37. The maximum absolute atomic E-state index is 5.45. The Balaban J connectivity index is 1.53. The maximum atomic E-state index is 5.45. The van der Waals surface area contributed by atoms with Crippen LogP contribution >= 0.6 is 11.5 Å². The molecule has 0 aliphatic heterocycles. The van der Waals surface area contributed by atoms with Crippen LogP contribution in [0, 0.1) is 5.92 Å². The van der Waals surface area contributed by atoms with Crippen molar-refractivity contribution in [2.45, 2.75) is 12.8 Å². The fourth-order valence-electron chi connectivity index (χ4n) is 1.07. The van der Waals surface area contributed by atoms with Crippen molar-refractivity contribution >= 4 is 22.6 Å². The standard InChI is InChI=1S/C8H14N4OS/c9-7-11-8(14-12-7)10-3-4-13-5-6-1-2-6/h6H,1-5H2,(H3,9,10,11,12). The summed E-state index contributed by atoms with van der Waals surface area (Å²) < 4.78 is 9.31. The fourth-order valence-corrected chi connectivity index (χ4v) is 1.59. The number of nitrogens with zero attached hydrogens (tertiary/aromatic N) is 2. The number of ether oxygens (including phenoxy) is 1. The molecule has 1 aliphatic rings. The third-order valence-electron chi connectivity index (χ3n) is 2.01. The van der Waals surface area contributed by atoms with Gasteiger partial charge in [-0.15, -0.1) is 0 Å². The van der Waals surface area contributed by atoms with E-state index in [-0.39, 0.29) is 0 Å². The van der Waals surface area contributed by atoms with Crippen molar-refractivity contribution in [3.05, 3.63) is 0 Å². The summed E-state index contributed by atoms with van der Waals surface area (Å²) in [4.78, 5) is 3.97. The summed E-state index contributed by atoms with van der Waals surface area (Å²) in [6, 6.07) is 0. The first-order valence-electron chi connectivity index (χ1n) is 4.75. The van der Waals surface area contributed by atoms with E-state index in [9.17, 15) is 0 Å². The third kappa shape index (κ3) is 3.12. The quantitative estimate of drug-likeness (QED) is 0.690. The topological polar surface area (TPSA) is 73.1 Å². The number of aromatic nitrogens is 2. The molecule has 2 rings (SSSR count). The molecular formula is C8H14N4OS. The first-order chi connectivity index (χ1) is 6.84. The second kappa shape index (κ2) is 4.56. The minimum absolute atomic E-state index is 0.330. The van der Waals surface area contributed by atoms with Crippen molar-refractivity contribution in [1.29, 1.82) is 0 Å². The zero-order valence-corrected chi connectivity index (χ0v) is 8.72. The summed E-state index contributed by atoms with van der Waals surface area (Å²) in [7, 11) is 0. The van der Waals surface area contributed by atoms with E-state index in [0.717, 1.165) is 30.8 Å². The smallest absolute Gasteiger partial charge is 0.233 e. The van der Waals surface area contributed by atoms with E-state index in [1.54, 1.807) is 0 Å². The number of hydrogen-bond donors (Lipinski definition) is 2. The van der Waals surface area contributed by atoms with Crippen LogP contribution in [0.2, 0.25) is 0 Å². The molecule has 5 nitrogen and oxygen atoms in total. The monoisotopic (exact) mass is 214 g/mol. The highest BCUT2D eigenvalue weighted by molar-refractivity contribution is 7.09. The molecule has 14 heavy (non-hydrogen) atoms. The molecular weight excluding hydrogens is 200 g/mol. The number of nitrogens with one attached hydrogen (secondary N) is 1. The van der Waals surface area contributed by atoms with Gasteiger partial charge in [0.25, 0.3) is 0 Å². The molecule has 1 aromatic rings. The van der Waals surface area contributed by atoms with Gasteiger partial charge in [0, 0.05) is 24.7 Å². The van der Waals surface area contributed by atoms with Crippen molar-refractivity contribution in [3.63, 3.8) is 0 Å². The van der Waals surface area contributed by atoms with Gasteiger partial charge >= 0.3 is 0 Å². The Hall–Kier alpha value is -0.880. The summed E-state index contributed by atoms with van der Waals surface area (Å²) in [5.74, 6) is 1.16. The highest BCUT2D eigenvalue weighted by Gasteiger charge is 2.20. The lowest BCUT2D eigenvalue weighted by Gasteiger charge is -2.02. The first kappa shape index (κ1) is 9.67. The van der Waals surface area contributed by atoms with Gasteiger partial charge in [0.15, 0.2) is 0 Å². The zero-order chi connectivity index (χ0) is 9.80. The zero-order valence-electron chi connectivity index (χ0n) is 7.90. The molecule has 0 bridgehead atoms. The van der Waals surface area contributed by atoms with Crippen LogP contribution < -0.4 is 11.1 Å². The normalized spacial score (nSPS) is 15.7. The number of hydrogen-bond acceptors (Lipinski definition) is 6. The average molecular weight is 214 g/mol. The predicted octanol–water partition coefficient (Wildman–Crippen LogP) is 0.959. The summed E-state index contributed by atoms with van der Waals surface area (Å²) in [6.45, 7) is 2.39. The van der Waals surface area contributed by atoms with Gasteiger partial charge in [0.2, 0.25) is 11.1 Å². The molecule has 1 saturated carbocycles. The van der Waals surface area contributed by atoms with Crippen molar-refractivity contribution in [3.8, 4) is 0 Å². The highest BCUT2D eigenvalue weighted by atomic mass is 32.1. The van der Waals surface area contributed by atoms with E-state index in [0.29, 0.717) is 5.95 Å². The van der Waals surface area contributed by atoms with Gasteiger partial charge in [0.05, 0.1) is 6.61 Å². The molecule has 0 aromatic carbocycles. The van der Waals surface area contributed by atoms with Crippen LogP contribution in [-0.4, -0.2) is 29.1 Å². The first-order valence-corrected chi connectivity index (χ1v) is 5.53. The van der Waals surface area contributed by atoms with Crippen molar-refractivity contribution in [1.82, 2.24) is 9.36 Å².